The number of nitrogens with one attached hydrogen (secondary N) is 1. The normalized spacial score (nSPS) is 16.4. The second-order valence-electron chi connectivity index (χ2n) is 10.3. The van der Waals surface area contributed by atoms with E-state index in [1.54, 1.807) is 6.07 Å². The van der Waals surface area contributed by atoms with Crippen LogP contribution < -0.4 is 15.0 Å². The summed E-state index contributed by atoms with van der Waals surface area (Å²) in [5, 5.41) is 23.9. The number of piperidine rings is 1. The molecule has 8 heteroatoms. The van der Waals surface area contributed by atoms with Gasteiger partial charge in [-0.2, -0.15) is 18.4 Å². The molecular formula is C30H40F3N3O2. The molecule has 38 heavy (non-hydrogen) atoms. The van der Waals surface area contributed by atoms with E-state index in [-0.39, 0.29) is 5.56 Å². The van der Waals surface area contributed by atoms with Crippen molar-refractivity contribution in [2.24, 2.45) is 0 Å². The molecule has 2 aromatic carbocycles. The molecule has 0 spiro atoms. The lowest BCUT2D eigenvalue weighted by molar-refractivity contribution is -0.137. The van der Waals surface area contributed by atoms with E-state index >= 15 is 0 Å². The molecule has 1 aliphatic rings. The summed E-state index contributed by atoms with van der Waals surface area (Å²) in [7, 11) is 0. The highest BCUT2D eigenvalue weighted by Crippen LogP contribution is 2.36. The van der Waals surface area contributed by atoms with Crippen LogP contribution in [0.5, 0.6) is 5.75 Å². The van der Waals surface area contributed by atoms with Gasteiger partial charge in [0.25, 0.3) is 0 Å². The van der Waals surface area contributed by atoms with Crippen LogP contribution in [0, 0.1) is 18.3 Å². The largest absolute Gasteiger partial charge is 0.493 e. The fourth-order valence-corrected chi connectivity index (χ4v) is 5.15. The van der Waals surface area contributed by atoms with Gasteiger partial charge >= 0.3 is 6.18 Å². The van der Waals surface area contributed by atoms with E-state index in [1.807, 2.05) is 17.9 Å². The van der Waals surface area contributed by atoms with Crippen LogP contribution >= 0.6 is 0 Å². The van der Waals surface area contributed by atoms with Gasteiger partial charge in [0.05, 0.1) is 29.4 Å². The maximum atomic E-state index is 13.3. The molecule has 208 valence electrons. The molecule has 0 amide bonds. The summed E-state index contributed by atoms with van der Waals surface area (Å²) in [4.78, 5) is 1.83. The quantitative estimate of drug-likeness (QED) is 0.330. The summed E-state index contributed by atoms with van der Waals surface area (Å²) in [5.74, 6) is 0.796. The Balaban J connectivity index is 1.55. The van der Waals surface area contributed by atoms with Crippen LogP contribution in [0.25, 0.3) is 0 Å². The van der Waals surface area contributed by atoms with Gasteiger partial charge in [-0.25, -0.2) is 0 Å². The minimum Gasteiger partial charge on any atom is -0.493 e. The first-order valence-corrected chi connectivity index (χ1v) is 13.6. The zero-order chi connectivity index (χ0) is 27.9. The third-order valence-corrected chi connectivity index (χ3v) is 7.75. The van der Waals surface area contributed by atoms with Crippen molar-refractivity contribution in [3.8, 4) is 11.8 Å². The Morgan fingerprint density at radius 3 is 2.32 bits per heavy atom. The molecule has 1 unspecified atom stereocenters. The van der Waals surface area contributed by atoms with Gasteiger partial charge in [0.2, 0.25) is 0 Å². The standard InChI is InChI=1S/C30H40F3N3O2/c1-5-24(6-2)35-27(7-3)22-9-11-28(21(4)18-22)38-17-14-29(37)12-15-36(16-13-29)25-10-8-23(20-34)26(19-25)30(31,32)33/h8-11,18-19,24,27,35,37H,5-7,12-17H2,1-4H3. The van der Waals surface area contributed by atoms with E-state index in [4.69, 9.17) is 10.00 Å². The SMILES string of the molecule is CCC(CC)NC(CC)c1ccc(OCCC2(O)CCN(c3ccc(C#N)c(C(F)(F)F)c3)CC2)c(C)c1. The van der Waals surface area contributed by atoms with Gasteiger partial charge in [-0.1, -0.05) is 32.9 Å². The molecule has 1 atom stereocenters. The van der Waals surface area contributed by atoms with Crippen LogP contribution in [-0.4, -0.2) is 36.4 Å². The van der Waals surface area contributed by atoms with Crippen molar-refractivity contribution in [2.75, 3.05) is 24.6 Å². The zero-order valence-electron chi connectivity index (χ0n) is 22.9. The second-order valence-corrected chi connectivity index (χ2v) is 10.3. The van der Waals surface area contributed by atoms with Crippen molar-refractivity contribution in [2.45, 2.75) is 90.1 Å². The third-order valence-electron chi connectivity index (χ3n) is 7.75. The molecule has 3 rings (SSSR count). The van der Waals surface area contributed by atoms with E-state index in [0.717, 1.165) is 36.6 Å². The zero-order valence-corrected chi connectivity index (χ0v) is 22.9. The summed E-state index contributed by atoms with van der Waals surface area (Å²) in [6, 6.07) is 12.4. The molecule has 2 N–H and O–H groups in total. The average Bonchev–Trinajstić information content (AvgIpc) is 2.90. The lowest BCUT2D eigenvalue weighted by atomic mass is 9.88. The fourth-order valence-electron chi connectivity index (χ4n) is 5.15. The molecule has 0 bridgehead atoms. The highest BCUT2D eigenvalue weighted by Gasteiger charge is 2.36. The van der Waals surface area contributed by atoms with E-state index in [9.17, 15) is 18.3 Å². The Bertz CT molecular complexity index is 1100. The summed E-state index contributed by atoms with van der Waals surface area (Å²) in [6.07, 6.45) is -0.110. The van der Waals surface area contributed by atoms with E-state index in [0.29, 0.717) is 56.7 Å². The summed E-state index contributed by atoms with van der Waals surface area (Å²) in [5.41, 5.74) is 0.458. The number of nitrogens with zero attached hydrogens (tertiary/aromatic N) is 2. The predicted octanol–water partition coefficient (Wildman–Crippen LogP) is 6.92. The molecule has 1 heterocycles. The Labute approximate surface area is 224 Å². The van der Waals surface area contributed by atoms with E-state index in [2.05, 4.69) is 38.2 Å². The van der Waals surface area contributed by atoms with Crippen LogP contribution in [-0.2, 0) is 6.18 Å². The average molecular weight is 532 g/mol. The number of hydrogen-bond acceptors (Lipinski definition) is 5. The molecule has 5 nitrogen and oxygen atoms in total. The van der Waals surface area contributed by atoms with E-state index in [1.165, 1.54) is 17.7 Å². The van der Waals surface area contributed by atoms with Crippen molar-refractivity contribution in [3.05, 3.63) is 58.7 Å². The van der Waals surface area contributed by atoms with Crippen molar-refractivity contribution in [1.29, 1.82) is 5.26 Å². The number of nitriles is 1. The van der Waals surface area contributed by atoms with Crippen LogP contribution in [0.4, 0.5) is 18.9 Å². The minimum atomic E-state index is -4.59. The number of aliphatic hydroxyl groups is 1. The molecular weight excluding hydrogens is 491 g/mol. The highest BCUT2D eigenvalue weighted by molar-refractivity contribution is 5.55. The topological polar surface area (TPSA) is 68.5 Å². The molecule has 1 aliphatic heterocycles. The number of benzene rings is 2. The number of alkyl halides is 3. The molecule has 0 saturated carbocycles. The first kappa shape index (κ1) is 29.8. The summed E-state index contributed by atoms with van der Waals surface area (Å²) >= 11 is 0. The van der Waals surface area contributed by atoms with Crippen LogP contribution in [0.1, 0.15) is 87.6 Å². The Morgan fingerprint density at radius 1 is 1.08 bits per heavy atom. The summed E-state index contributed by atoms with van der Waals surface area (Å²) in [6.45, 7) is 9.82. The Kier molecular flexibility index (Phi) is 10.1. The van der Waals surface area contributed by atoms with Crippen molar-refractivity contribution in [1.82, 2.24) is 5.32 Å². The number of ether oxygens (including phenoxy) is 1. The molecule has 0 aromatic heterocycles. The number of aryl methyl sites for hydroxylation is 1. The van der Waals surface area contributed by atoms with Gasteiger partial charge in [-0.3, -0.25) is 0 Å². The fraction of sp³-hybridized carbons (Fsp3) is 0.567. The van der Waals surface area contributed by atoms with Gasteiger partial charge in [-0.15, -0.1) is 0 Å². The molecule has 1 saturated heterocycles. The number of halogens is 3. The lowest BCUT2D eigenvalue weighted by Crippen LogP contribution is -2.45. The summed E-state index contributed by atoms with van der Waals surface area (Å²) < 4.78 is 46.1. The second kappa shape index (κ2) is 12.9. The first-order chi connectivity index (χ1) is 18.0. The molecule has 0 aliphatic carbocycles. The molecule has 0 radical (unpaired) electrons. The molecule has 2 aromatic rings. The first-order valence-electron chi connectivity index (χ1n) is 13.6. The number of anilines is 1. The van der Waals surface area contributed by atoms with Gasteiger partial charge in [0.1, 0.15) is 5.75 Å². The Hall–Kier alpha value is -2.76. The number of hydrogen-bond donors (Lipinski definition) is 2. The monoisotopic (exact) mass is 531 g/mol. The Morgan fingerprint density at radius 2 is 1.76 bits per heavy atom. The smallest absolute Gasteiger partial charge is 0.417 e. The minimum absolute atomic E-state index is 0.293. The van der Waals surface area contributed by atoms with Gasteiger partial charge in [0.15, 0.2) is 0 Å². The van der Waals surface area contributed by atoms with Crippen LogP contribution in [0.15, 0.2) is 36.4 Å². The highest BCUT2D eigenvalue weighted by atomic mass is 19.4. The predicted molar refractivity (Wildman–Crippen MR) is 144 cm³/mol. The third kappa shape index (κ3) is 7.42. The van der Waals surface area contributed by atoms with Gasteiger partial charge < -0.3 is 20.1 Å². The molecule has 1 fully saturated rings. The van der Waals surface area contributed by atoms with Gasteiger partial charge in [0, 0.05) is 37.3 Å². The van der Waals surface area contributed by atoms with Crippen LogP contribution in [0.3, 0.4) is 0 Å². The maximum Gasteiger partial charge on any atom is 0.417 e. The van der Waals surface area contributed by atoms with Crippen molar-refractivity contribution >= 4 is 5.69 Å². The van der Waals surface area contributed by atoms with Crippen LogP contribution in [0.2, 0.25) is 0 Å². The van der Waals surface area contributed by atoms with E-state index < -0.39 is 17.3 Å². The lowest BCUT2D eigenvalue weighted by Gasteiger charge is -2.39. The number of rotatable bonds is 11. The van der Waals surface area contributed by atoms with Gasteiger partial charge in [-0.05, 0) is 74.4 Å². The maximum absolute atomic E-state index is 13.3. The van der Waals surface area contributed by atoms with Crippen molar-refractivity contribution in [3.63, 3.8) is 0 Å². The van der Waals surface area contributed by atoms with Crippen molar-refractivity contribution < 1.29 is 23.0 Å².